The Kier molecular flexibility index (Phi) is 7.46. The highest BCUT2D eigenvalue weighted by atomic mass is 16.5. The summed E-state index contributed by atoms with van der Waals surface area (Å²) in [6.07, 6.45) is 0. The first-order valence-corrected chi connectivity index (χ1v) is 19.1. The molecule has 264 valence electrons. The van der Waals surface area contributed by atoms with Crippen LogP contribution in [0.1, 0.15) is 5.56 Å². The van der Waals surface area contributed by atoms with Crippen LogP contribution in [0.25, 0.3) is 21.5 Å². The lowest BCUT2D eigenvalue weighted by atomic mass is 9.33. The second kappa shape index (κ2) is 13.0. The Bertz CT molecular complexity index is 2660. The molecule has 56 heavy (non-hydrogen) atoms. The van der Waals surface area contributed by atoms with Crippen LogP contribution in [0.4, 0.5) is 34.1 Å². The van der Waals surface area contributed by atoms with Crippen molar-refractivity contribution in [1.29, 1.82) is 0 Å². The van der Waals surface area contributed by atoms with Crippen LogP contribution in [0.2, 0.25) is 0 Å². The lowest BCUT2D eigenvalue weighted by molar-refractivity contribution is 0.464. The number of fused-ring (bicyclic) bond motifs is 8. The number of aryl methyl sites for hydroxylation is 1. The van der Waals surface area contributed by atoms with Gasteiger partial charge in [0.2, 0.25) is 0 Å². The van der Waals surface area contributed by atoms with Gasteiger partial charge >= 0.3 is 0 Å². The van der Waals surface area contributed by atoms with Crippen molar-refractivity contribution in [2.24, 2.45) is 0 Å². The van der Waals surface area contributed by atoms with Gasteiger partial charge in [-0.1, -0.05) is 121 Å². The normalized spacial score (nSPS) is 12.3. The molecule has 0 fully saturated rings. The Morgan fingerprint density at radius 3 is 1.00 bits per heavy atom. The highest BCUT2D eigenvalue weighted by Crippen LogP contribution is 2.47. The minimum atomic E-state index is -0.144. The van der Waals surface area contributed by atoms with Crippen LogP contribution >= 0.6 is 0 Å². The quantitative estimate of drug-likeness (QED) is 0.160. The zero-order valence-electron chi connectivity index (χ0n) is 30.8. The number of anilines is 6. The zero-order chi connectivity index (χ0) is 37.2. The summed E-state index contributed by atoms with van der Waals surface area (Å²) in [5.41, 5.74) is 10.9. The summed E-state index contributed by atoms with van der Waals surface area (Å²) in [6, 6.07) is 68.7. The molecule has 0 spiro atoms. The van der Waals surface area contributed by atoms with Crippen LogP contribution in [-0.4, -0.2) is 6.71 Å². The van der Waals surface area contributed by atoms with E-state index in [0.717, 1.165) is 101 Å². The van der Waals surface area contributed by atoms with Crippen LogP contribution < -0.4 is 35.7 Å². The summed E-state index contributed by atoms with van der Waals surface area (Å²) < 4.78 is 14.1. The molecular formula is C51H35BN2O2. The third kappa shape index (κ3) is 5.09. The highest BCUT2D eigenvalue weighted by Gasteiger charge is 2.43. The van der Waals surface area contributed by atoms with Crippen molar-refractivity contribution in [2.75, 3.05) is 9.80 Å². The van der Waals surface area contributed by atoms with Crippen LogP contribution in [0.5, 0.6) is 23.0 Å². The number of rotatable bonds is 6. The van der Waals surface area contributed by atoms with Crippen molar-refractivity contribution in [3.63, 3.8) is 0 Å². The van der Waals surface area contributed by atoms with Gasteiger partial charge in [0.05, 0.1) is 11.4 Å². The third-order valence-corrected chi connectivity index (χ3v) is 11.1. The maximum Gasteiger partial charge on any atom is 0.262 e. The molecule has 9 aromatic carbocycles. The smallest absolute Gasteiger partial charge is 0.262 e. The average molecular weight is 719 g/mol. The van der Waals surface area contributed by atoms with Crippen LogP contribution in [0.3, 0.4) is 0 Å². The van der Waals surface area contributed by atoms with E-state index < -0.39 is 0 Å². The van der Waals surface area contributed by atoms with E-state index in [1.807, 2.05) is 0 Å². The number of ether oxygens (including phenoxy) is 2. The van der Waals surface area contributed by atoms with Crippen LogP contribution in [-0.2, 0) is 0 Å². The minimum absolute atomic E-state index is 0.144. The maximum atomic E-state index is 7.07. The molecule has 4 nitrogen and oxygen atoms in total. The Balaban J connectivity index is 1.20. The number of nitrogens with zero attached hydrogens (tertiary/aromatic N) is 2. The fraction of sp³-hybridized carbons (Fsp3) is 0.0196. The first-order valence-electron chi connectivity index (χ1n) is 19.1. The van der Waals surface area contributed by atoms with E-state index in [0.29, 0.717) is 0 Å². The maximum absolute atomic E-state index is 7.07. The molecule has 0 amide bonds. The molecule has 0 aromatic heterocycles. The van der Waals surface area contributed by atoms with Gasteiger partial charge in [0, 0.05) is 51.1 Å². The highest BCUT2D eigenvalue weighted by molar-refractivity contribution is 7.01. The molecule has 0 radical (unpaired) electrons. The fourth-order valence-electron chi connectivity index (χ4n) is 8.86. The van der Waals surface area contributed by atoms with E-state index in [-0.39, 0.29) is 6.71 Å². The lowest BCUT2D eigenvalue weighted by Gasteiger charge is -2.37. The lowest BCUT2D eigenvalue weighted by Crippen LogP contribution is -2.58. The predicted molar refractivity (Wildman–Crippen MR) is 233 cm³/mol. The molecule has 2 aliphatic rings. The van der Waals surface area contributed by atoms with Gasteiger partial charge in [-0.25, -0.2) is 0 Å². The van der Waals surface area contributed by atoms with Gasteiger partial charge in [-0.05, 0) is 94.8 Å². The average Bonchev–Trinajstić information content (AvgIpc) is 3.25. The molecule has 0 bridgehead atoms. The van der Waals surface area contributed by atoms with Crippen molar-refractivity contribution in [3.8, 4) is 23.0 Å². The third-order valence-electron chi connectivity index (χ3n) is 11.1. The van der Waals surface area contributed by atoms with E-state index >= 15 is 0 Å². The summed E-state index contributed by atoms with van der Waals surface area (Å²) in [7, 11) is 0. The molecule has 11 rings (SSSR count). The summed E-state index contributed by atoms with van der Waals surface area (Å²) >= 11 is 0. The van der Waals surface area contributed by atoms with E-state index in [9.17, 15) is 0 Å². The van der Waals surface area contributed by atoms with Gasteiger partial charge in [-0.3, -0.25) is 0 Å². The molecule has 0 N–H and O–H groups in total. The van der Waals surface area contributed by atoms with Crippen molar-refractivity contribution >= 4 is 78.8 Å². The Morgan fingerprint density at radius 1 is 0.339 bits per heavy atom. The topological polar surface area (TPSA) is 24.9 Å². The zero-order valence-corrected chi connectivity index (χ0v) is 30.8. The molecule has 9 aromatic rings. The first kappa shape index (κ1) is 32.2. The largest absolute Gasteiger partial charge is 0.458 e. The number of hydrogen-bond acceptors (Lipinski definition) is 4. The summed E-state index contributed by atoms with van der Waals surface area (Å²) in [6.45, 7) is 1.97. The van der Waals surface area contributed by atoms with E-state index in [1.54, 1.807) is 0 Å². The molecule has 0 aliphatic carbocycles. The predicted octanol–water partition coefficient (Wildman–Crippen LogP) is 12.0. The van der Waals surface area contributed by atoms with Gasteiger partial charge in [-0.15, -0.1) is 0 Å². The molecular weight excluding hydrogens is 683 g/mol. The SMILES string of the molecule is Cc1cc2c3c(c1)Oc1cc(N(c4ccccc4)c4ccccc4)c4ccccc4c1B3c1c(cc(N(c3ccccc3)c3ccccc3)c3ccccc13)O2. The van der Waals surface area contributed by atoms with Crippen molar-refractivity contribution in [3.05, 3.63) is 200 Å². The van der Waals surface area contributed by atoms with E-state index in [2.05, 4.69) is 211 Å². The second-order valence-electron chi connectivity index (χ2n) is 14.5. The minimum Gasteiger partial charge on any atom is -0.458 e. The van der Waals surface area contributed by atoms with E-state index in [4.69, 9.17) is 9.47 Å². The van der Waals surface area contributed by atoms with Gasteiger partial charge in [0.1, 0.15) is 23.0 Å². The second-order valence-corrected chi connectivity index (χ2v) is 14.5. The summed E-state index contributed by atoms with van der Waals surface area (Å²) in [5.74, 6) is 3.36. The van der Waals surface area contributed by atoms with Gasteiger partial charge in [-0.2, -0.15) is 0 Å². The van der Waals surface area contributed by atoms with Gasteiger partial charge in [0.15, 0.2) is 0 Å². The van der Waals surface area contributed by atoms with Gasteiger partial charge in [0.25, 0.3) is 6.71 Å². The van der Waals surface area contributed by atoms with E-state index in [1.165, 1.54) is 0 Å². The monoisotopic (exact) mass is 718 g/mol. The molecule has 0 saturated carbocycles. The Morgan fingerprint density at radius 2 is 0.643 bits per heavy atom. The number of benzene rings is 9. The van der Waals surface area contributed by atoms with Gasteiger partial charge < -0.3 is 19.3 Å². The molecule has 0 atom stereocenters. The van der Waals surface area contributed by atoms with Crippen LogP contribution in [0.15, 0.2) is 194 Å². The fourth-order valence-corrected chi connectivity index (χ4v) is 8.86. The van der Waals surface area contributed by atoms with Crippen LogP contribution in [0, 0.1) is 6.92 Å². The molecule has 0 unspecified atom stereocenters. The molecule has 2 heterocycles. The van der Waals surface area contributed by atoms with Crippen molar-refractivity contribution in [1.82, 2.24) is 0 Å². The first-order chi connectivity index (χ1) is 27.7. The van der Waals surface area contributed by atoms with Crippen molar-refractivity contribution in [2.45, 2.75) is 6.92 Å². The molecule has 2 aliphatic heterocycles. The summed E-state index contributed by atoms with van der Waals surface area (Å²) in [4.78, 5) is 4.68. The van der Waals surface area contributed by atoms with Crippen molar-refractivity contribution < 1.29 is 9.47 Å². The molecule has 0 saturated heterocycles. The number of hydrogen-bond donors (Lipinski definition) is 0. The Hall–Kier alpha value is -7.24. The summed E-state index contributed by atoms with van der Waals surface area (Å²) in [5, 5.41) is 4.59. The number of para-hydroxylation sites is 4. The molecule has 5 heteroatoms. The Labute approximate surface area is 326 Å². The standard InChI is InChI=1S/C51H35BN2O2/c1-34-30-45-51-46(31-34)56-48-33-44(54(37-22-10-4-11-23-37)38-24-12-5-13-25-38)40-27-15-17-29-42(40)50(48)52(51)49-41-28-16-14-26-39(41)43(32-47(49)55-45)53(35-18-6-2-7-19-35)36-20-8-3-9-21-36/h2-33H,1H3.